The predicted octanol–water partition coefficient (Wildman–Crippen LogP) is -1.04. The quantitative estimate of drug-likeness (QED) is 0.521. The van der Waals surface area contributed by atoms with Gasteiger partial charge in [-0.05, 0) is 27.1 Å². The molecule has 1 amide bonds. The van der Waals surface area contributed by atoms with E-state index < -0.39 is 10.0 Å². The molecule has 0 spiro atoms. The maximum Gasteiger partial charge on any atom is 0.235 e. The number of methoxy groups -OCH3 is 1. The van der Waals surface area contributed by atoms with Crippen LogP contribution < -0.4 is 5.32 Å². The molecule has 114 valence electrons. The molecule has 0 saturated heterocycles. The molecule has 8 heteroatoms. The van der Waals surface area contributed by atoms with Crippen molar-refractivity contribution < 1.29 is 17.9 Å². The summed E-state index contributed by atoms with van der Waals surface area (Å²) < 4.78 is 29.2. The molecule has 0 atom stereocenters. The number of nitrogens with one attached hydrogen (secondary N) is 1. The topological polar surface area (TPSA) is 79.0 Å². The van der Waals surface area contributed by atoms with Crippen molar-refractivity contribution in [2.45, 2.75) is 6.42 Å². The van der Waals surface area contributed by atoms with Crippen LogP contribution in [0.25, 0.3) is 0 Å². The van der Waals surface area contributed by atoms with Gasteiger partial charge in [0.25, 0.3) is 0 Å². The van der Waals surface area contributed by atoms with Gasteiger partial charge in [0.2, 0.25) is 15.9 Å². The van der Waals surface area contributed by atoms with E-state index >= 15 is 0 Å². The standard InChI is InChI=1S/C11H25N3O4S/c1-13(2)7-5-8-14(19(4,16)17)10-11(15)12-6-9-18-3/h5-10H2,1-4H3,(H,12,15). The van der Waals surface area contributed by atoms with E-state index in [1.54, 1.807) is 0 Å². The molecule has 0 aromatic heterocycles. The maximum absolute atomic E-state index is 11.6. The van der Waals surface area contributed by atoms with E-state index in [4.69, 9.17) is 4.74 Å². The SMILES string of the molecule is COCCNC(=O)CN(CCCN(C)C)S(C)(=O)=O. The van der Waals surface area contributed by atoms with E-state index in [1.165, 1.54) is 11.4 Å². The Hall–Kier alpha value is -0.700. The Morgan fingerprint density at radius 1 is 1.26 bits per heavy atom. The van der Waals surface area contributed by atoms with Gasteiger partial charge in [-0.25, -0.2) is 8.42 Å². The zero-order chi connectivity index (χ0) is 14.9. The first-order chi connectivity index (χ1) is 8.77. The van der Waals surface area contributed by atoms with Crippen LogP contribution in [0.1, 0.15) is 6.42 Å². The molecule has 0 aromatic carbocycles. The largest absolute Gasteiger partial charge is 0.383 e. The van der Waals surface area contributed by atoms with E-state index in [9.17, 15) is 13.2 Å². The van der Waals surface area contributed by atoms with Crippen LogP contribution in [-0.4, -0.2) is 83.8 Å². The van der Waals surface area contributed by atoms with Gasteiger partial charge in [0.05, 0.1) is 19.4 Å². The lowest BCUT2D eigenvalue weighted by atomic mass is 10.4. The number of amides is 1. The van der Waals surface area contributed by atoms with Gasteiger partial charge in [-0.3, -0.25) is 4.79 Å². The average molecular weight is 295 g/mol. The molecule has 0 unspecified atom stereocenters. The lowest BCUT2D eigenvalue weighted by molar-refractivity contribution is -0.121. The van der Waals surface area contributed by atoms with Crippen LogP contribution in [0.2, 0.25) is 0 Å². The van der Waals surface area contributed by atoms with E-state index in [0.29, 0.717) is 26.1 Å². The highest BCUT2D eigenvalue weighted by Gasteiger charge is 2.19. The van der Waals surface area contributed by atoms with Gasteiger partial charge in [0, 0.05) is 20.2 Å². The summed E-state index contributed by atoms with van der Waals surface area (Å²) in [5, 5.41) is 2.60. The number of carbonyl (C=O) groups is 1. The summed E-state index contributed by atoms with van der Waals surface area (Å²) in [4.78, 5) is 13.6. The zero-order valence-corrected chi connectivity index (χ0v) is 13.0. The summed E-state index contributed by atoms with van der Waals surface area (Å²) in [7, 11) is 2.01. The first-order valence-electron chi connectivity index (χ1n) is 6.13. The van der Waals surface area contributed by atoms with Gasteiger partial charge in [-0.2, -0.15) is 4.31 Å². The predicted molar refractivity (Wildman–Crippen MR) is 74.5 cm³/mol. The number of hydrogen-bond acceptors (Lipinski definition) is 5. The number of rotatable bonds is 10. The summed E-state index contributed by atoms with van der Waals surface area (Å²) in [5.41, 5.74) is 0. The van der Waals surface area contributed by atoms with Gasteiger partial charge in [0.15, 0.2) is 0 Å². The van der Waals surface area contributed by atoms with Crippen LogP contribution in [-0.2, 0) is 19.6 Å². The van der Waals surface area contributed by atoms with Crippen molar-refractivity contribution in [2.24, 2.45) is 0 Å². The van der Waals surface area contributed by atoms with Crippen molar-refractivity contribution in [1.29, 1.82) is 0 Å². The van der Waals surface area contributed by atoms with Gasteiger partial charge < -0.3 is 15.0 Å². The lowest BCUT2D eigenvalue weighted by Crippen LogP contribution is -2.42. The van der Waals surface area contributed by atoms with Gasteiger partial charge in [-0.15, -0.1) is 0 Å². The molecule has 0 radical (unpaired) electrons. The van der Waals surface area contributed by atoms with Crippen molar-refractivity contribution in [3.8, 4) is 0 Å². The van der Waals surface area contributed by atoms with Crippen molar-refractivity contribution in [2.75, 3.05) is 60.2 Å². The molecular formula is C11H25N3O4S. The fourth-order valence-corrected chi connectivity index (χ4v) is 2.25. The Morgan fingerprint density at radius 3 is 2.37 bits per heavy atom. The molecule has 0 heterocycles. The number of carbonyl (C=O) groups excluding carboxylic acids is 1. The Balaban J connectivity index is 4.25. The second-order valence-corrected chi connectivity index (χ2v) is 6.58. The molecule has 19 heavy (non-hydrogen) atoms. The molecule has 0 rings (SSSR count). The summed E-state index contributed by atoms with van der Waals surface area (Å²) in [6.45, 7) is 1.76. The third-order valence-electron chi connectivity index (χ3n) is 2.43. The minimum atomic E-state index is -3.37. The third kappa shape index (κ3) is 9.83. The fourth-order valence-electron chi connectivity index (χ4n) is 1.43. The molecule has 0 saturated carbocycles. The number of sulfonamides is 1. The molecular weight excluding hydrogens is 270 g/mol. The summed E-state index contributed by atoms with van der Waals surface area (Å²) in [6, 6.07) is 0. The molecule has 0 aromatic rings. The minimum absolute atomic E-state index is 0.143. The minimum Gasteiger partial charge on any atom is -0.383 e. The molecule has 1 N–H and O–H groups in total. The van der Waals surface area contributed by atoms with Gasteiger partial charge in [-0.1, -0.05) is 0 Å². The third-order valence-corrected chi connectivity index (χ3v) is 3.68. The Kier molecular flexibility index (Phi) is 8.90. The highest BCUT2D eigenvalue weighted by Crippen LogP contribution is 2.00. The normalized spacial score (nSPS) is 12.1. The number of hydrogen-bond donors (Lipinski definition) is 1. The first kappa shape index (κ1) is 18.3. The molecule has 0 bridgehead atoms. The Labute approximate surface area is 115 Å². The van der Waals surface area contributed by atoms with Gasteiger partial charge in [0.1, 0.15) is 0 Å². The molecule has 0 aliphatic rings. The van der Waals surface area contributed by atoms with Crippen LogP contribution in [0, 0.1) is 0 Å². The van der Waals surface area contributed by atoms with Crippen molar-refractivity contribution in [3.63, 3.8) is 0 Å². The zero-order valence-electron chi connectivity index (χ0n) is 12.2. The smallest absolute Gasteiger partial charge is 0.235 e. The summed E-state index contributed by atoms with van der Waals surface area (Å²) in [6.07, 6.45) is 1.80. The maximum atomic E-state index is 11.6. The van der Waals surface area contributed by atoms with Crippen LogP contribution >= 0.6 is 0 Å². The summed E-state index contributed by atoms with van der Waals surface area (Å²) in [5.74, 6) is -0.313. The van der Waals surface area contributed by atoms with Crippen LogP contribution in [0.5, 0.6) is 0 Å². The Morgan fingerprint density at radius 2 is 1.89 bits per heavy atom. The Bertz CT molecular complexity index is 357. The second-order valence-electron chi connectivity index (χ2n) is 4.60. The highest BCUT2D eigenvalue weighted by molar-refractivity contribution is 7.88. The average Bonchev–Trinajstić information content (AvgIpc) is 2.26. The second kappa shape index (κ2) is 9.24. The first-order valence-corrected chi connectivity index (χ1v) is 7.97. The number of nitrogens with zero attached hydrogens (tertiary/aromatic N) is 2. The summed E-state index contributed by atoms with van der Waals surface area (Å²) >= 11 is 0. The highest BCUT2D eigenvalue weighted by atomic mass is 32.2. The lowest BCUT2D eigenvalue weighted by Gasteiger charge is -2.20. The van der Waals surface area contributed by atoms with Crippen LogP contribution in [0.4, 0.5) is 0 Å². The van der Waals surface area contributed by atoms with Crippen molar-refractivity contribution in [3.05, 3.63) is 0 Å². The number of ether oxygens (including phenoxy) is 1. The van der Waals surface area contributed by atoms with E-state index in [1.807, 2.05) is 19.0 Å². The monoisotopic (exact) mass is 295 g/mol. The fraction of sp³-hybridized carbons (Fsp3) is 0.909. The molecule has 7 nitrogen and oxygen atoms in total. The van der Waals surface area contributed by atoms with Crippen molar-refractivity contribution in [1.82, 2.24) is 14.5 Å². The van der Waals surface area contributed by atoms with Crippen LogP contribution in [0.15, 0.2) is 0 Å². The van der Waals surface area contributed by atoms with Crippen molar-refractivity contribution >= 4 is 15.9 Å². The van der Waals surface area contributed by atoms with Gasteiger partial charge >= 0.3 is 0 Å². The van der Waals surface area contributed by atoms with E-state index in [2.05, 4.69) is 5.32 Å². The van der Waals surface area contributed by atoms with Crippen LogP contribution in [0.3, 0.4) is 0 Å². The molecule has 0 aliphatic heterocycles. The van der Waals surface area contributed by atoms with E-state index in [0.717, 1.165) is 12.8 Å². The molecule has 0 fully saturated rings. The molecule has 0 aliphatic carbocycles. The van der Waals surface area contributed by atoms with E-state index in [-0.39, 0.29) is 12.5 Å².